The molecule has 5 heteroatoms. The van der Waals surface area contributed by atoms with Crippen molar-refractivity contribution in [2.24, 2.45) is 0 Å². The van der Waals surface area contributed by atoms with E-state index < -0.39 is 11.5 Å². The van der Waals surface area contributed by atoms with Gasteiger partial charge in [0.2, 0.25) is 0 Å². The van der Waals surface area contributed by atoms with Gasteiger partial charge in [0.1, 0.15) is 0 Å². The predicted molar refractivity (Wildman–Crippen MR) is 68.3 cm³/mol. The predicted octanol–water partition coefficient (Wildman–Crippen LogP) is 1.68. The number of hydrogen-bond donors (Lipinski definition) is 1. The maximum Gasteiger partial charge on any atom is 0.353 e. The molecule has 0 aliphatic carbocycles. The van der Waals surface area contributed by atoms with E-state index in [4.69, 9.17) is 5.73 Å². The molecule has 0 unspecified atom stereocenters. The molecule has 2 rings (SSSR count). The molecule has 1 aromatic heterocycles. The minimum absolute atomic E-state index is 0.382. The largest absolute Gasteiger partial charge is 0.381 e. The SMILES string of the molecule is Nc1nc(=O)n(C=CCc2ccccc2)cc1F. The summed E-state index contributed by atoms with van der Waals surface area (Å²) in [7, 11) is 0. The van der Waals surface area contributed by atoms with Crippen LogP contribution in [0.25, 0.3) is 6.20 Å². The van der Waals surface area contributed by atoms with Gasteiger partial charge in [0.05, 0.1) is 6.20 Å². The van der Waals surface area contributed by atoms with Crippen LogP contribution in [0.3, 0.4) is 0 Å². The third kappa shape index (κ3) is 2.82. The fourth-order valence-electron chi connectivity index (χ4n) is 1.48. The van der Waals surface area contributed by atoms with E-state index in [1.54, 1.807) is 6.08 Å². The molecule has 0 bridgehead atoms. The smallest absolute Gasteiger partial charge is 0.353 e. The summed E-state index contributed by atoms with van der Waals surface area (Å²) in [5.74, 6) is -1.09. The Bertz CT molecular complexity index is 620. The van der Waals surface area contributed by atoms with Gasteiger partial charge in [-0.15, -0.1) is 0 Å². The number of aromatic nitrogens is 2. The Morgan fingerprint density at radius 1 is 1.33 bits per heavy atom. The highest BCUT2D eigenvalue weighted by Crippen LogP contribution is 2.03. The average molecular weight is 245 g/mol. The van der Waals surface area contributed by atoms with Gasteiger partial charge in [0.15, 0.2) is 11.6 Å². The standard InChI is InChI=1S/C13H12FN3O/c14-11-9-17(13(18)16-12(11)15)8-4-7-10-5-2-1-3-6-10/h1-6,8-9H,7H2,(H2,15,16,18). The number of nitrogen functional groups attached to an aromatic ring is 1. The van der Waals surface area contributed by atoms with Crippen LogP contribution in [0.15, 0.2) is 47.4 Å². The van der Waals surface area contributed by atoms with E-state index in [1.807, 2.05) is 30.3 Å². The van der Waals surface area contributed by atoms with Crippen LogP contribution in [0, 0.1) is 5.82 Å². The number of halogens is 1. The monoisotopic (exact) mass is 245 g/mol. The molecule has 0 atom stereocenters. The molecule has 2 aromatic rings. The molecular weight excluding hydrogens is 233 g/mol. The molecule has 1 heterocycles. The van der Waals surface area contributed by atoms with E-state index in [-0.39, 0.29) is 5.82 Å². The van der Waals surface area contributed by atoms with Gasteiger partial charge < -0.3 is 5.73 Å². The van der Waals surface area contributed by atoms with Gasteiger partial charge in [-0.3, -0.25) is 4.57 Å². The van der Waals surface area contributed by atoms with Crippen molar-refractivity contribution in [2.75, 3.05) is 5.73 Å². The molecule has 0 fully saturated rings. The molecule has 0 spiro atoms. The Balaban J connectivity index is 2.15. The van der Waals surface area contributed by atoms with E-state index in [1.165, 1.54) is 6.20 Å². The Morgan fingerprint density at radius 3 is 2.78 bits per heavy atom. The van der Waals surface area contributed by atoms with Gasteiger partial charge in [-0.2, -0.15) is 4.98 Å². The molecule has 4 nitrogen and oxygen atoms in total. The van der Waals surface area contributed by atoms with Crippen molar-refractivity contribution in [3.63, 3.8) is 0 Å². The Morgan fingerprint density at radius 2 is 2.06 bits per heavy atom. The van der Waals surface area contributed by atoms with E-state index in [9.17, 15) is 9.18 Å². The van der Waals surface area contributed by atoms with Gasteiger partial charge in [-0.1, -0.05) is 36.4 Å². The van der Waals surface area contributed by atoms with Gasteiger partial charge in [0.25, 0.3) is 0 Å². The lowest BCUT2D eigenvalue weighted by molar-refractivity contribution is 0.610. The van der Waals surface area contributed by atoms with Gasteiger partial charge >= 0.3 is 5.69 Å². The van der Waals surface area contributed by atoms with E-state index in [0.29, 0.717) is 6.42 Å². The molecule has 18 heavy (non-hydrogen) atoms. The van der Waals surface area contributed by atoms with Crippen LogP contribution in [-0.2, 0) is 6.42 Å². The summed E-state index contributed by atoms with van der Waals surface area (Å²) in [6, 6.07) is 9.72. The second-order valence-corrected chi connectivity index (χ2v) is 3.74. The summed E-state index contributed by atoms with van der Waals surface area (Å²) in [6.45, 7) is 0. The van der Waals surface area contributed by atoms with Gasteiger partial charge in [-0.25, -0.2) is 9.18 Å². The maximum absolute atomic E-state index is 13.1. The second-order valence-electron chi connectivity index (χ2n) is 3.74. The first kappa shape index (κ1) is 12.0. The number of anilines is 1. The summed E-state index contributed by atoms with van der Waals surface area (Å²) in [5.41, 5.74) is 5.69. The number of hydrogen-bond acceptors (Lipinski definition) is 3. The van der Waals surface area contributed by atoms with Crippen molar-refractivity contribution < 1.29 is 4.39 Å². The Kier molecular flexibility index (Phi) is 3.52. The lowest BCUT2D eigenvalue weighted by atomic mass is 10.1. The van der Waals surface area contributed by atoms with Crippen molar-refractivity contribution in [1.29, 1.82) is 0 Å². The highest BCUT2D eigenvalue weighted by Gasteiger charge is 2.02. The molecule has 0 saturated carbocycles. The van der Waals surface area contributed by atoms with Crippen LogP contribution >= 0.6 is 0 Å². The molecule has 0 amide bonds. The van der Waals surface area contributed by atoms with Crippen LogP contribution in [0.4, 0.5) is 10.2 Å². The summed E-state index contributed by atoms with van der Waals surface area (Å²) in [4.78, 5) is 14.7. The minimum atomic E-state index is -0.709. The highest BCUT2D eigenvalue weighted by molar-refractivity contribution is 5.32. The minimum Gasteiger partial charge on any atom is -0.381 e. The average Bonchev–Trinajstić information content (AvgIpc) is 2.37. The normalized spacial score (nSPS) is 10.9. The molecule has 2 N–H and O–H groups in total. The highest BCUT2D eigenvalue weighted by atomic mass is 19.1. The molecule has 0 radical (unpaired) electrons. The van der Waals surface area contributed by atoms with Crippen molar-refractivity contribution in [3.8, 4) is 0 Å². The Hall–Kier alpha value is -2.43. The molecule has 1 aromatic carbocycles. The third-order valence-corrected chi connectivity index (χ3v) is 2.40. The summed E-state index contributed by atoms with van der Waals surface area (Å²) < 4.78 is 14.2. The molecule has 0 aliphatic rings. The summed E-state index contributed by atoms with van der Waals surface area (Å²) in [6.07, 6.45) is 4.91. The van der Waals surface area contributed by atoms with Crippen LogP contribution in [-0.4, -0.2) is 9.55 Å². The zero-order chi connectivity index (χ0) is 13.0. The Labute approximate surface area is 103 Å². The number of rotatable bonds is 3. The number of nitrogens with two attached hydrogens (primary N) is 1. The fourth-order valence-corrected chi connectivity index (χ4v) is 1.48. The van der Waals surface area contributed by atoms with Crippen LogP contribution in [0.2, 0.25) is 0 Å². The summed E-state index contributed by atoms with van der Waals surface area (Å²) in [5, 5.41) is 0. The first-order valence-electron chi connectivity index (χ1n) is 5.41. The zero-order valence-electron chi connectivity index (χ0n) is 9.58. The van der Waals surface area contributed by atoms with Gasteiger partial charge in [-0.05, 0) is 12.0 Å². The number of nitrogens with zero attached hydrogens (tertiary/aromatic N) is 2. The van der Waals surface area contributed by atoms with E-state index in [0.717, 1.165) is 16.3 Å². The van der Waals surface area contributed by atoms with Crippen molar-refractivity contribution in [3.05, 3.63) is 64.5 Å². The zero-order valence-corrected chi connectivity index (χ0v) is 9.58. The third-order valence-electron chi connectivity index (χ3n) is 2.40. The molecule has 0 aliphatic heterocycles. The van der Waals surface area contributed by atoms with Crippen molar-refractivity contribution >= 4 is 12.0 Å². The first-order chi connectivity index (χ1) is 8.66. The lowest BCUT2D eigenvalue weighted by Crippen LogP contribution is -2.21. The first-order valence-corrected chi connectivity index (χ1v) is 5.41. The van der Waals surface area contributed by atoms with E-state index in [2.05, 4.69) is 4.98 Å². The second kappa shape index (κ2) is 5.27. The molecular formula is C13H12FN3O. The summed E-state index contributed by atoms with van der Waals surface area (Å²) >= 11 is 0. The molecule has 0 saturated heterocycles. The maximum atomic E-state index is 13.1. The van der Waals surface area contributed by atoms with Crippen LogP contribution < -0.4 is 11.4 Å². The molecule has 92 valence electrons. The lowest BCUT2D eigenvalue weighted by Gasteiger charge is -2.00. The van der Waals surface area contributed by atoms with Gasteiger partial charge in [0, 0.05) is 6.20 Å². The van der Waals surface area contributed by atoms with E-state index >= 15 is 0 Å². The fraction of sp³-hybridized carbons (Fsp3) is 0.0769. The topological polar surface area (TPSA) is 60.9 Å². The van der Waals surface area contributed by atoms with Crippen molar-refractivity contribution in [2.45, 2.75) is 6.42 Å². The number of benzene rings is 1. The van der Waals surface area contributed by atoms with Crippen LogP contribution in [0.5, 0.6) is 0 Å². The van der Waals surface area contributed by atoms with Crippen LogP contribution in [0.1, 0.15) is 5.56 Å². The number of allylic oxidation sites excluding steroid dienone is 1. The quantitative estimate of drug-likeness (QED) is 0.894. The van der Waals surface area contributed by atoms with Crippen molar-refractivity contribution in [1.82, 2.24) is 9.55 Å².